The van der Waals surface area contributed by atoms with Crippen molar-refractivity contribution in [3.63, 3.8) is 0 Å². The van der Waals surface area contributed by atoms with Crippen LogP contribution in [0.25, 0.3) is 0 Å². The number of carbonyl (C=O) groups excluding carboxylic acids is 1. The van der Waals surface area contributed by atoms with Gasteiger partial charge in [-0.2, -0.15) is 0 Å². The zero-order valence-electron chi connectivity index (χ0n) is 11.1. The first-order chi connectivity index (χ1) is 9.85. The molecule has 1 heterocycles. The lowest BCUT2D eigenvalue weighted by Crippen LogP contribution is -2.23. The fraction of sp³-hybridized carbons (Fsp3) is 0.154. The van der Waals surface area contributed by atoms with E-state index < -0.39 is 10.0 Å². The minimum absolute atomic E-state index is 0.153. The van der Waals surface area contributed by atoms with Crippen LogP contribution in [-0.2, 0) is 16.6 Å². The van der Waals surface area contributed by atoms with Crippen LogP contribution >= 0.6 is 11.6 Å². The molecule has 0 atom stereocenters. The van der Waals surface area contributed by atoms with E-state index in [1.807, 2.05) is 0 Å². The first-order valence-corrected chi connectivity index (χ1v) is 8.20. The smallest absolute Gasteiger partial charge is 0.253 e. The lowest BCUT2D eigenvalue weighted by molar-refractivity contribution is 0.0948. The lowest BCUT2D eigenvalue weighted by atomic mass is 10.2. The summed E-state index contributed by atoms with van der Waals surface area (Å²) in [5, 5.41) is 2.81. The summed E-state index contributed by atoms with van der Waals surface area (Å²) >= 11 is 5.99. The number of sulfonamides is 1. The van der Waals surface area contributed by atoms with Crippen molar-refractivity contribution in [1.29, 1.82) is 0 Å². The SMILES string of the molecule is CS(=O)(=O)Nc1ccc(C(=O)NCc2ccco2)c(Cl)c1. The molecule has 0 fully saturated rings. The molecule has 6 nitrogen and oxygen atoms in total. The van der Waals surface area contributed by atoms with Gasteiger partial charge in [0.2, 0.25) is 10.0 Å². The molecule has 0 spiro atoms. The molecule has 8 heteroatoms. The highest BCUT2D eigenvalue weighted by Gasteiger charge is 2.12. The average molecular weight is 329 g/mol. The third kappa shape index (κ3) is 4.51. The third-order valence-corrected chi connectivity index (χ3v) is 3.44. The predicted octanol–water partition coefficient (Wildman–Crippen LogP) is 2.23. The van der Waals surface area contributed by atoms with Crippen molar-refractivity contribution in [2.24, 2.45) is 0 Å². The summed E-state index contributed by atoms with van der Waals surface area (Å²) in [7, 11) is -3.39. The summed E-state index contributed by atoms with van der Waals surface area (Å²) in [4.78, 5) is 12.0. The Morgan fingerprint density at radius 2 is 2.10 bits per heavy atom. The molecule has 21 heavy (non-hydrogen) atoms. The zero-order chi connectivity index (χ0) is 15.5. The molecule has 2 N–H and O–H groups in total. The number of carbonyl (C=O) groups is 1. The van der Waals surface area contributed by atoms with E-state index in [1.165, 1.54) is 24.5 Å². The molecule has 0 aliphatic rings. The Balaban J connectivity index is 2.07. The van der Waals surface area contributed by atoms with Crippen LogP contribution in [0.5, 0.6) is 0 Å². The van der Waals surface area contributed by atoms with Crippen LogP contribution in [0.2, 0.25) is 5.02 Å². The first kappa shape index (κ1) is 15.4. The van der Waals surface area contributed by atoms with Gasteiger partial charge in [0.15, 0.2) is 0 Å². The van der Waals surface area contributed by atoms with Crippen molar-refractivity contribution in [1.82, 2.24) is 5.32 Å². The average Bonchev–Trinajstić information content (AvgIpc) is 2.87. The van der Waals surface area contributed by atoms with Crippen LogP contribution in [0.15, 0.2) is 41.0 Å². The number of benzene rings is 1. The maximum atomic E-state index is 12.0. The number of rotatable bonds is 5. The van der Waals surface area contributed by atoms with Crippen molar-refractivity contribution >= 4 is 33.2 Å². The van der Waals surface area contributed by atoms with Gasteiger partial charge in [0, 0.05) is 5.69 Å². The molecule has 2 aromatic rings. The fourth-order valence-corrected chi connectivity index (χ4v) is 2.47. The molecule has 0 saturated carbocycles. The topological polar surface area (TPSA) is 88.4 Å². The molecule has 0 aliphatic carbocycles. The van der Waals surface area contributed by atoms with Gasteiger partial charge in [0.05, 0.1) is 29.6 Å². The Bertz CT molecular complexity index is 742. The standard InChI is InChI=1S/C13H13ClN2O4S/c1-21(18,19)16-9-4-5-11(12(14)7-9)13(17)15-8-10-3-2-6-20-10/h2-7,16H,8H2,1H3,(H,15,17). The number of furan rings is 1. The van der Waals surface area contributed by atoms with E-state index in [9.17, 15) is 13.2 Å². The zero-order valence-corrected chi connectivity index (χ0v) is 12.7. The molecular formula is C13H13ClN2O4S. The van der Waals surface area contributed by atoms with Gasteiger partial charge in [-0.1, -0.05) is 11.6 Å². The summed E-state index contributed by atoms with van der Waals surface area (Å²) in [6.45, 7) is 0.242. The molecule has 0 aliphatic heterocycles. The molecule has 112 valence electrons. The fourth-order valence-electron chi connectivity index (χ4n) is 1.65. The Hall–Kier alpha value is -1.99. The number of amides is 1. The van der Waals surface area contributed by atoms with E-state index in [0.717, 1.165) is 6.26 Å². The lowest BCUT2D eigenvalue weighted by Gasteiger charge is -2.08. The molecule has 1 aromatic heterocycles. The van der Waals surface area contributed by atoms with Gasteiger partial charge in [-0.25, -0.2) is 8.42 Å². The van der Waals surface area contributed by atoms with Crippen molar-refractivity contribution in [2.45, 2.75) is 6.54 Å². The van der Waals surface area contributed by atoms with Crippen LogP contribution < -0.4 is 10.0 Å². The van der Waals surface area contributed by atoms with E-state index in [0.29, 0.717) is 11.4 Å². The second-order valence-corrected chi connectivity index (χ2v) is 6.49. The van der Waals surface area contributed by atoms with Crippen LogP contribution in [-0.4, -0.2) is 20.6 Å². The van der Waals surface area contributed by atoms with E-state index in [-0.39, 0.29) is 23.0 Å². The molecule has 1 aromatic carbocycles. The van der Waals surface area contributed by atoms with Crippen molar-refractivity contribution in [3.8, 4) is 0 Å². The molecular weight excluding hydrogens is 316 g/mol. The Morgan fingerprint density at radius 3 is 2.67 bits per heavy atom. The molecule has 2 rings (SSSR count). The van der Waals surface area contributed by atoms with Crippen molar-refractivity contribution in [3.05, 3.63) is 52.9 Å². The molecule has 0 saturated heterocycles. The van der Waals surface area contributed by atoms with E-state index >= 15 is 0 Å². The number of hydrogen-bond donors (Lipinski definition) is 2. The summed E-state index contributed by atoms with van der Waals surface area (Å²) in [6, 6.07) is 7.76. The van der Waals surface area contributed by atoms with E-state index in [2.05, 4.69) is 10.0 Å². The highest BCUT2D eigenvalue weighted by Crippen LogP contribution is 2.21. The van der Waals surface area contributed by atoms with E-state index in [1.54, 1.807) is 12.1 Å². The predicted molar refractivity (Wildman–Crippen MR) is 79.8 cm³/mol. The summed E-state index contributed by atoms with van der Waals surface area (Å²) in [6.07, 6.45) is 2.55. The molecule has 1 amide bonds. The van der Waals surface area contributed by atoms with Crippen LogP contribution in [0, 0.1) is 0 Å². The van der Waals surface area contributed by atoms with Gasteiger partial charge in [-0.15, -0.1) is 0 Å². The third-order valence-electron chi connectivity index (χ3n) is 2.52. The monoisotopic (exact) mass is 328 g/mol. The van der Waals surface area contributed by atoms with Crippen molar-refractivity contribution < 1.29 is 17.6 Å². The normalized spacial score (nSPS) is 11.1. The maximum Gasteiger partial charge on any atom is 0.253 e. The van der Waals surface area contributed by atoms with Gasteiger partial charge >= 0.3 is 0 Å². The number of hydrogen-bond acceptors (Lipinski definition) is 4. The highest BCUT2D eigenvalue weighted by atomic mass is 35.5. The van der Waals surface area contributed by atoms with E-state index in [4.69, 9.17) is 16.0 Å². The molecule has 0 unspecified atom stereocenters. The number of anilines is 1. The quantitative estimate of drug-likeness (QED) is 0.881. The summed E-state index contributed by atoms with van der Waals surface area (Å²) in [5.74, 6) is 0.247. The van der Waals surface area contributed by atoms with Gasteiger partial charge in [-0.05, 0) is 30.3 Å². The molecule has 0 radical (unpaired) electrons. The number of nitrogens with one attached hydrogen (secondary N) is 2. The Labute approximate surface area is 127 Å². The van der Waals surface area contributed by atoms with Crippen molar-refractivity contribution in [2.75, 3.05) is 11.0 Å². The second kappa shape index (κ2) is 6.19. The van der Waals surface area contributed by atoms with Gasteiger partial charge in [0.25, 0.3) is 5.91 Å². The highest BCUT2D eigenvalue weighted by molar-refractivity contribution is 7.92. The van der Waals surface area contributed by atoms with Crippen LogP contribution in [0.4, 0.5) is 5.69 Å². The van der Waals surface area contributed by atoms with Gasteiger partial charge in [0.1, 0.15) is 5.76 Å². The first-order valence-electron chi connectivity index (χ1n) is 5.93. The van der Waals surface area contributed by atoms with Gasteiger partial charge in [-0.3, -0.25) is 9.52 Å². The van der Waals surface area contributed by atoms with Crippen LogP contribution in [0.3, 0.4) is 0 Å². The minimum atomic E-state index is -3.39. The summed E-state index contributed by atoms with van der Waals surface area (Å²) in [5.41, 5.74) is 0.548. The second-order valence-electron chi connectivity index (χ2n) is 4.33. The Kier molecular flexibility index (Phi) is 4.54. The maximum absolute atomic E-state index is 12.0. The summed E-state index contributed by atoms with van der Waals surface area (Å²) < 4.78 is 29.6. The van der Waals surface area contributed by atoms with Gasteiger partial charge < -0.3 is 9.73 Å². The largest absolute Gasteiger partial charge is 0.467 e. The molecule has 0 bridgehead atoms. The number of halogens is 1. The van der Waals surface area contributed by atoms with Crippen LogP contribution in [0.1, 0.15) is 16.1 Å². The minimum Gasteiger partial charge on any atom is -0.467 e. The Morgan fingerprint density at radius 1 is 1.33 bits per heavy atom.